The van der Waals surface area contributed by atoms with Crippen molar-refractivity contribution < 1.29 is 0 Å². The Bertz CT molecular complexity index is 342. The number of pyridine rings is 1. The monoisotopic (exact) mass is 204 g/mol. The highest BCUT2D eigenvalue weighted by Gasteiger charge is 2.37. The van der Waals surface area contributed by atoms with E-state index in [1.54, 1.807) is 0 Å². The third kappa shape index (κ3) is 1.67. The molecule has 0 saturated heterocycles. The summed E-state index contributed by atoms with van der Waals surface area (Å²) in [4.78, 5) is 4.52. The molecule has 1 heterocycles. The van der Waals surface area contributed by atoms with Gasteiger partial charge in [-0.25, -0.2) is 0 Å². The third-order valence-corrected chi connectivity index (χ3v) is 3.97. The zero-order valence-corrected chi connectivity index (χ0v) is 9.66. The van der Waals surface area contributed by atoms with Crippen LogP contribution in [0.3, 0.4) is 0 Å². The first-order chi connectivity index (χ1) is 7.21. The van der Waals surface area contributed by atoms with E-state index >= 15 is 0 Å². The van der Waals surface area contributed by atoms with Gasteiger partial charge in [0.05, 0.1) is 0 Å². The molecule has 0 bridgehead atoms. The standard InChI is InChI=1S/C13H20N2/c1-3-13(14,4-2)11-8-7-10-6-5-9-15-12(10)11/h5-6,9,11H,3-4,7-8,14H2,1-2H3. The summed E-state index contributed by atoms with van der Waals surface area (Å²) in [5, 5.41) is 0. The maximum absolute atomic E-state index is 6.48. The van der Waals surface area contributed by atoms with Gasteiger partial charge in [-0.2, -0.15) is 0 Å². The van der Waals surface area contributed by atoms with Crippen LogP contribution in [-0.4, -0.2) is 10.5 Å². The highest BCUT2D eigenvalue weighted by molar-refractivity contribution is 5.31. The second-order valence-corrected chi connectivity index (χ2v) is 4.58. The van der Waals surface area contributed by atoms with Gasteiger partial charge in [-0.05, 0) is 37.3 Å². The van der Waals surface area contributed by atoms with E-state index in [0.29, 0.717) is 5.92 Å². The van der Waals surface area contributed by atoms with Crippen LogP contribution < -0.4 is 5.73 Å². The van der Waals surface area contributed by atoms with E-state index in [-0.39, 0.29) is 5.54 Å². The zero-order chi connectivity index (χ0) is 10.9. The maximum atomic E-state index is 6.48. The molecule has 0 aliphatic heterocycles. The first-order valence-electron chi connectivity index (χ1n) is 5.94. The molecule has 0 radical (unpaired) electrons. The Kier molecular flexibility index (Phi) is 2.79. The second kappa shape index (κ2) is 3.93. The molecule has 0 spiro atoms. The first kappa shape index (κ1) is 10.6. The smallest absolute Gasteiger partial charge is 0.0484 e. The predicted octanol–water partition coefficient (Wildman–Crippen LogP) is 2.63. The molecular weight excluding hydrogens is 184 g/mol. The summed E-state index contributed by atoms with van der Waals surface area (Å²) in [6.45, 7) is 4.37. The van der Waals surface area contributed by atoms with Gasteiger partial charge < -0.3 is 5.73 Å². The summed E-state index contributed by atoms with van der Waals surface area (Å²) >= 11 is 0. The highest BCUT2D eigenvalue weighted by atomic mass is 14.8. The maximum Gasteiger partial charge on any atom is 0.0484 e. The SMILES string of the molecule is CCC(N)(CC)C1CCc2cccnc21. The Labute approximate surface area is 91.9 Å². The van der Waals surface area contributed by atoms with E-state index in [0.717, 1.165) is 19.3 Å². The Balaban J connectivity index is 2.34. The van der Waals surface area contributed by atoms with E-state index < -0.39 is 0 Å². The van der Waals surface area contributed by atoms with Crippen LogP contribution in [0.5, 0.6) is 0 Å². The highest BCUT2D eigenvalue weighted by Crippen LogP contribution is 2.40. The fraction of sp³-hybridized carbons (Fsp3) is 0.615. The van der Waals surface area contributed by atoms with Gasteiger partial charge in [-0.3, -0.25) is 4.98 Å². The minimum absolute atomic E-state index is 0.0559. The average molecular weight is 204 g/mol. The lowest BCUT2D eigenvalue weighted by Gasteiger charge is -2.33. The minimum atomic E-state index is -0.0559. The van der Waals surface area contributed by atoms with Crippen molar-refractivity contribution in [3.63, 3.8) is 0 Å². The van der Waals surface area contributed by atoms with Gasteiger partial charge >= 0.3 is 0 Å². The molecule has 2 nitrogen and oxygen atoms in total. The molecule has 2 N–H and O–H groups in total. The number of rotatable bonds is 3. The second-order valence-electron chi connectivity index (χ2n) is 4.58. The molecule has 2 heteroatoms. The normalized spacial score (nSPS) is 20.3. The molecule has 1 aliphatic carbocycles. The third-order valence-electron chi connectivity index (χ3n) is 3.97. The molecule has 1 aromatic rings. The quantitative estimate of drug-likeness (QED) is 0.822. The van der Waals surface area contributed by atoms with Crippen molar-refractivity contribution in [3.05, 3.63) is 29.6 Å². The first-order valence-corrected chi connectivity index (χ1v) is 5.94. The van der Waals surface area contributed by atoms with Crippen LogP contribution in [0.15, 0.2) is 18.3 Å². The molecule has 1 atom stereocenters. The number of nitrogens with two attached hydrogens (primary N) is 1. The Hall–Kier alpha value is -0.890. The zero-order valence-electron chi connectivity index (χ0n) is 9.66. The molecule has 15 heavy (non-hydrogen) atoms. The van der Waals surface area contributed by atoms with Crippen LogP contribution >= 0.6 is 0 Å². The van der Waals surface area contributed by atoms with Crippen LogP contribution in [0, 0.1) is 0 Å². The summed E-state index contributed by atoms with van der Waals surface area (Å²) in [5.41, 5.74) is 9.08. The van der Waals surface area contributed by atoms with Gasteiger partial charge in [-0.15, -0.1) is 0 Å². The van der Waals surface area contributed by atoms with Crippen molar-refractivity contribution in [3.8, 4) is 0 Å². The minimum Gasteiger partial charge on any atom is -0.325 e. The molecule has 1 unspecified atom stereocenters. The van der Waals surface area contributed by atoms with E-state index in [1.807, 2.05) is 12.3 Å². The fourth-order valence-corrected chi connectivity index (χ4v) is 2.72. The largest absolute Gasteiger partial charge is 0.325 e. The molecule has 0 fully saturated rings. The van der Waals surface area contributed by atoms with Crippen molar-refractivity contribution >= 4 is 0 Å². The van der Waals surface area contributed by atoms with E-state index in [9.17, 15) is 0 Å². The Morgan fingerprint density at radius 2 is 2.20 bits per heavy atom. The predicted molar refractivity (Wildman–Crippen MR) is 62.8 cm³/mol. The van der Waals surface area contributed by atoms with Crippen LogP contribution in [0.1, 0.15) is 50.3 Å². The Morgan fingerprint density at radius 3 is 2.87 bits per heavy atom. The summed E-state index contributed by atoms with van der Waals surface area (Å²) in [6, 6.07) is 4.21. The summed E-state index contributed by atoms with van der Waals surface area (Å²) < 4.78 is 0. The summed E-state index contributed by atoms with van der Waals surface area (Å²) in [5.74, 6) is 0.462. The molecule has 2 rings (SSSR count). The van der Waals surface area contributed by atoms with Gasteiger partial charge in [-0.1, -0.05) is 19.9 Å². The Morgan fingerprint density at radius 1 is 1.47 bits per heavy atom. The van der Waals surface area contributed by atoms with Crippen LogP contribution in [0.2, 0.25) is 0 Å². The van der Waals surface area contributed by atoms with Crippen molar-refractivity contribution in [1.29, 1.82) is 0 Å². The lowest BCUT2D eigenvalue weighted by atomic mass is 9.79. The van der Waals surface area contributed by atoms with Crippen molar-refractivity contribution in [2.24, 2.45) is 5.73 Å². The summed E-state index contributed by atoms with van der Waals surface area (Å²) in [6.07, 6.45) is 6.27. The molecule has 1 aliphatic rings. The van der Waals surface area contributed by atoms with Crippen molar-refractivity contribution in [2.45, 2.75) is 51.0 Å². The summed E-state index contributed by atoms with van der Waals surface area (Å²) in [7, 11) is 0. The van der Waals surface area contributed by atoms with E-state index in [4.69, 9.17) is 5.73 Å². The molecule has 0 aromatic carbocycles. The molecule has 1 aromatic heterocycles. The number of aryl methyl sites for hydroxylation is 1. The number of fused-ring (bicyclic) bond motifs is 1. The van der Waals surface area contributed by atoms with Crippen molar-refractivity contribution in [2.75, 3.05) is 0 Å². The molecular formula is C13H20N2. The number of aromatic nitrogens is 1. The van der Waals surface area contributed by atoms with Crippen LogP contribution in [0.4, 0.5) is 0 Å². The van der Waals surface area contributed by atoms with E-state index in [2.05, 4.69) is 24.9 Å². The van der Waals surface area contributed by atoms with Crippen LogP contribution in [0.25, 0.3) is 0 Å². The van der Waals surface area contributed by atoms with Crippen molar-refractivity contribution in [1.82, 2.24) is 4.98 Å². The van der Waals surface area contributed by atoms with Gasteiger partial charge in [0.15, 0.2) is 0 Å². The van der Waals surface area contributed by atoms with Gasteiger partial charge in [0.1, 0.15) is 0 Å². The lowest BCUT2D eigenvalue weighted by molar-refractivity contribution is 0.315. The molecule has 0 saturated carbocycles. The lowest BCUT2D eigenvalue weighted by Crippen LogP contribution is -2.44. The van der Waals surface area contributed by atoms with Crippen LogP contribution in [-0.2, 0) is 6.42 Å². The topological polar surface area (TPSA) is 38.9 Å². The number of nitrogens with zero attached hydrogens (tertiary/aromatic N) is 1. The van der Waals surface area contributed by atoms with Gasteiger partial charge in [0.25, 0.3) is 0 Å². The molecule has 0 amide bonds. The number of hydrogen-bond acceptors (Lipinski definition) is 2. The van der Waals surface area contributed by atoms with E-state index in [1.165, 1.54) is 17.7 Å². The van der Waals surface area contributed by atoms with Gasteiger partial charge in [0, 0.05) is 23.3 Å². The van der Waals surface area contributed by atoms with Gasteiger partial charge in [0.2, 0.25) is 0 Å². The number of hydrogen-bond donors (Lipinski definition) is 1. The fourth-order valence-electron chi connectivity index (χ4n) is 2.72. The molecule has 82 valence electrons. The average Bonchev–Trinajstić information content (AvgIpc) is 2.72.